The van der Waals surface area contributed by atoms with E-state index in [4.69, 9.17) is 10.00 Å². The van der Waals surface area contributed by atoms with Crippen molar-refractivity contribution < 1.29 is 4.74 Å². The van der Waals surface area contributed by atoms with Gasteiger partial charge in [0.1, 0.15) is 5.75 Å². The van der Waals surface area contributed by atoms with Gasteiger partial charge in [-0.05, 0) is 31.0 Å². The molecule has 1 rings (SSSR count). The quantitative estimate of drug-likeness (QED) is 0.729. The molecule has 0 aromatic heterocycles. The number of nitrogens with zero attached hydrogens (tertiary/aromatic N) is 1. The summed E-state index contributed by atoms with van der Waals surface area (Å²) >= 11 is 0. The Morgan fingerprint density at radius 2 is 2.00 bits per heavy atom. The van der Waals surface area contributed by atoms with Gasteiger partial charge in [0.25, 0.3) is 0 Å². The lowest BCUT2D eigenvalue weighted by atomic mass is 10.1. The molecule has 0 radical (unpaired) electrons. The topological polar surface area (TPSA) is 33.0 Å². The Labute approximate surface area is 85.1 Å². The molecule has 2 nitrogen and oxygen atoms in total. The third kappa shape index (κ3) is 3.10. The summed E-state index contributed by atoms with van der Waals surface area (Å²) in [5, 5.41) is 8.49. The SMILES string of the molecule is CCC(C)Oc1ccc(CC#N)cc1. The lowest BCUT2D eigenvalue weighted by molar-refractivity contribution is 0.217. The summed E-state index contributed by atoms with van der Waals surface area (Å²) in [6.07, 6.45) is 1.71. The van der Waals surface area contributed by atoms with Crippen molar-refractivity contribution in [3.8, 4) is 11.8 Å². The largest absolute Gasteiger partial charge is 0.491 e. The number of rotatable bonds is 4. The lowest BCUT2D eigenvalue weighted by Gasteiger charge is -2.12. The highest BCUT2D eigenvalue weighted by atomic mass is 16.5. The molecule has 0 heterocycles. The van der Waals surface area contributed by atoms with Gasteiger partial charge in [0, 0.05) is 0 Å². The maximum absolute atomic E-state index is 8.49. The molecule has 0 saturated carbocycles. The van der Waals surface area contributed by atoms with E-state index in [-0.39, 0.29) is 6.10 Å². The fourth-order valence-corrected chi connectivity index (χ4v) is 1.09. The van der Waals surface area contributed by atoms with E-state index in [0.29, 0.717) is 6.42 Å². The first-order valence-corrected chi connectivity index (χ1v) is 4.88. The molecule has 74 valence electrons. The normalized spacial score (nSPS) is 11.8. The third-order valence-corrected chi connectivity index (χ3v) is 2.12. The summed E-state index contributed by atoms with van der Waals surface area (Å²) in [5.41, 5.74) is 1.03. The summed E-state index contributed by atoms with van der Waals surface area (Å²) in [4.78, 5) is 0. The van der Waals surface area contributed by atoms with Crippen LogP contribution in [0.1, 0.15) is 25.8 Å². The molecule has 1 aromatic carbocycles. The summed E-state index contributed by atoms with van der Waals surface area (Å²) in [5.74, 6) is 0.876. The first-order chi connectivity index (χ1) is 6.76. The van der Waals surface area contributed by atoms with E-state index in [1.54, 1.807) is 0 Å². The van der Waals surface area contributed by atoms with Gasteiger partial charge >= 0.3 is 0 Å². The highest BCUT2D eigenvalue weighted by Crippen LogP contribution is 2.14. The van der Waals surface area contributed by atoms with Crippen molar-refractivity contribution in [3.05, 3.63) is 29.8 Å². The molecular formula is C12H15NO. The van der Waals surface area contributed by atoms with Crippen LogP contribution in [-0.2, 0) is 6.42 Å². The van der Waals surface area contributed by atoms with E-state index in [9.17, 15) is 0 Å². The van der Waals surface area contributed by atoms with Crippen LogP contribution in [0, 0.1) is 11.3 Å². The van der Waals surface area contributed by atoms with Crippen LogP contribution < -0.4 is 4.74 Å². The Bertz CT molecular complexity index is 310. The zero-order valence-corrected chi connectivity index (χ0v) is 8.66. The van der Waals surface area contributed by atoms with Crippen molar-refractivity contribution in [3.63, 3.8) is 0 Å². The van der Waals surface area contributed by atoms with Crippen LogP contribution in [0.4, 0.5) is 0 Å². The molecule has 0 amide bonds. The van der Waals surface area contributed by atoms with E-state index < -0.39 is 0 Å². The molecule has 1 aromatic rings. The predicted molar refractivity (Wildman–Crippen MR) is 56.1 cm³/mol. The van der Waals surface area contributed by atoms with E-state index in [2.05, 4.69) is 13.0 Å². The highest BCUT2D eigenvalue weighted by Gasteiger charge is 2.00. The lowest BCUT2D eigenvalue weighted by Crippen LogP contribution is -2.09. The second-order valence-electron chi connectivity index (χ2n) is 3.32. The molecule has 1 unspecified atom stereocenters. The molecule has 0 N–H and O–H groups in total. The van der Waals surface area contributed by atoms with Crippen LogP contribution in [0.2, 0.25) is 0 Å². The van der Waals surface area contributed by atoms with Crippen molar-refractivity contribution in [2.24, 2.45) is 0 Å². The zero-order valence-electron chi connectivity index (χ0n) is 8.66. The molecule has 0 aliphatic heterocycles. The van der Waals surface area contributed by atoms with Crippen LogP contribution in [0.5, 0.6) is 5.75 Å². The monoisotopic (exact) mass is 189 g/mol. The fraction of sp³-hybridized carbons (Fsp3) is 0.417. The molecule has 0 spiro atoms. The Kier molecular flexibility index (Phi) is 4.00. The van der Waals surface area contributed by atoms with Crippen LogP contribution in [0.15, 0.2) is 24.3 Å². The molecule has 1 atom stereocenters. The van der Waals surface area contributed by atoms with Crippen LogP contribution in [-0.4, -0.2) is 6.10 Å². The Hall–Kier alpha value is -1.49. The molecule has 0 saturated heterocycles. The van der Waals surface area contributed by atoms with Crippen molar-refractivity contribution in [1.29, 1.82) is 5.26 Å². The predicted octanol–water partition coefficient (Wildman–Crippen LogP) is 2.93. The van der Waals surface area contributed by atoms with Crippen molar-refractivity contribution in [2.75, 3.05) is 0 Å². The Morgan fingerprint density at radius 3 is 2.50 bits per heavy atom. The van der Waals surface area contributed by atoms with E-state index >= 15 is 0 Å². The van der Waals surface area contributed by atoms with Gasteiger partial charge in [0.2, 0.25) is 0 Å². The van der Waals surface area contributed by atoms with Gasteiger partial charge in [-0.2, -0.15) is 5.26 Å². The van der Waals surface area contributed by atoms with Crippen LogP contribution >= 0.6 is 0 Å². The van der Waals surface area contributed by atoms with Crippen LogP contribution in [0.25, 0.3) is 0 Å². The average Bonchev–Trinajstić information content (AvgIpc) is 2.21. The third-order valence-electron chi connectivity index (χ3n) is 2.12. The maximum atomic E-state index is 8.49. The highest BCUT2D eigenvalue weighted by molar-refractivity contribution is 5.28. The number of benzene rings is 1. The smallest absolute Gasteiger partial charge is 0.119 e. The molecule has 0 bridgehead atoms. The minimum atomic E-state index is 0.247. The summed E-state index contributed by atoms with van der Waals surface area (Å²) in [6.45, 7) is 4.14. The van der Waals surface area contributed by atoms with Gasteiger partial charge in [-0.15, -0.1) is 0 Å². The summed E-state index contributed by atoms with van der Waals surface area (Å²) in [6, 6.07) is 9.81. The number of hydrogen-bond acceptors (Lipinski definition) is 2. The minimum Gasteiger partial charge on any atom is -0.491 e. The Balaban J connectivity index is 2.60. The van der Waals surface area contributed by atoms with Crippen LogP contribution in [0.3, 0.4) is 0 Å². The van der Waals surface area contributed by atoms with Gasteiger partial charge in [-0.25, -0.2) is 0 Å². The van der Waals surface area contributed by atoms with E-state index in [1.165, 1.54) is 0 Å². The second-order valence-corrected chi connectivity index (χ2v) is 3.32. The molecular weight excluding hydrogens is 174 g/mol. The van der Waals surface area contributed by atoms with Crippen molar-refractivity contribution in [1.82, 2.24) is 0 Å². The Morgan fingerprint density at radius 1 is 1.36 bits per heavy atom. The summed E-state index contributed by atoms with van der Waals surface area (Å²) < 4.78 is 5.61. The van der Waals surface area contributed by atoms with Gasteiger partial charge in [-0.3, -0.25) is 0 Å². The second kappa shape index (κ2) is 5.29. The maximum Gasteiger partial charge on any atom is 0.119 e. The zero-order chi connectivity index (χ0) is 10.4. The molecule has 14 heavy (non-hydrogen) atoms. The van der Waals surface area contributed by atoms with Gasteiger partial charge in [0.15, 0.2) is 0 Å². The van der Waals surface area contributed by atoms with E-state index in [0.717, 1.165) is 17.7 Å². The molecule has 0 aliphatic rings. The fourth-order valence-electron chi connectivity index (χ4n) is 1.09. The average molecular weight is 189 g/mol. The van der Waals surface area contributed by atoms with Crippen molar-refractivity contribution >= 4 is 0 Å². The molecule has 0 fully saturated rings. The number of ether oxygens (including phenoxy) is 1. The standard InChI is InChI=1S/C12H15NO/c1-3-10(2)14-12-6-4-11(5-7-12)8-9-13/h4-7,10H,3,8H2,1-2H3. The van der Waals surface area contributed by atoms with Gasteiger partial charge in [0.05, 0.1) is 18.6 Å². The molecule has 0 aliphatic carbocycles. The van der Waals surface area contributed by atoms with E-state index in [1.807, 2.05) is 31.2 Å². The van der Waals surface area contributed by atoms with Crippen molar-refractivity contribution in [2.45, 2.75) is 32.8 Å². The first-order valence-electron chi connectivity index (χ1n) is 4.88. The minimum absolute atomic E-state index is 0.247. The summed E-state index contributed by atoms with van der Waals surface area (Å²) in [7, 11) is 0. The number of hydrogen-bond donors (Lipinski definition) is 0. The molecule has 2 heteroatoms. The van der Waals surface area contributed by atoms with Gasteiger partial charge in [-0.1, -0.05) is 19.1 Å². The first kappa shape index (κ1) is 10.6. The number of nitriles is 1. The van der Waals surface area contributed by atoms with Gasteiger partial charge < -0.3 is 4.74 Å².